The van der Waals surface area contributed by atoms with Crippen molar-refractivity contribution >= 4 is 21.6 Å². The van der Waals surface area contributed by atoms with Gasteiger partial charge in [0.1, 0.15) is 0 Å². The fourth-order valence-electron chi connectivity index (χ4n) is 3.15. The normalized spacial score (nSPS) is 12.7. The van der Waals surface area contributed by atoms with Crippen molar-refractivity contribution < 1.29 is 22.7 Å². The van der Waals surface area contributed by atoms with Gasteiger partial charge < -0.3 is 14.4 Å². The van der Waals surface area contributed by atoms with E-state index in [4.69, 9.17) is 9.47 Å². The third-order valence-electron chi connectivity index (χ3n) is 4.76. The summed E-state index contributed by atoms with van der Waals surface area (Å²) in [6, 6.07) is 13.1. The van der Waals surface area contributed by atoms with Gasteiger partial charge in [0.05, 0.1) is 11.9 Å². The van der Waals surface area contributed by atoms with Crippen LogP contribution in [0.2, 0.25) is 0 Å². The van der Waals surface area contributed by atoms with Crippen LogP contribution >= 0.6 is 0 Å². The maximum atomic E-state index is 12.5. The molecule has 1 heterocycles. The van der Waals surface area contributed by atoms with Gasteiger partial charge in [-0.1, -0.05) is 29.8 Å². The average Bonchev–Trinajstić information content (AvgIpc) is 3.13. The number of carbonyl (C=O) groups is 1. The Labute approximate surface area is 171 Å². The van der Waals surface area contributed by atoms with Gasteiger partial charge in [-0.3, -0.25) is 9.10 Å². The van der Waals surface area contributed by atoms with E-state index in [-0.39, 0.29) is 25.7 Å². The van der Waals surface area contributed by atoms with Gasteiger partial charge in [-0.25, -0.2) is 8.42 Å². The van der Waals surface area contributed by atoms with Crippen LogP contribution in [-0.2, 0) is 21.4 Å². The van der Waals surface area contributed by atoms with Crippen LogP contribution in [-0.4, -0.2) is 45.9 Å². The maximum absolute atomic E-state index is 12.5. The molecular weight excluding hydrogens is 392 g/mol. The number of carbonyl (C=O) groups excluding carboxylic acids is 1. The minimum absolute atomic E-state index is 0.0234. The first-order valence-corrected chi connectivity index (χ1v) is 11.3. The summed E-state index contributed by atoms with van der Waals surface area (Å²) in [7, 11) is -1.74. The Bertz CT molecular complexity index is 973. The molecule has 0 fully saturated rings. The monoisotopic (exact) mass is 418 g/mol. The van der Waals surface area contributed by atoms with Crippen molar-refractivity contribution in [1.82, 2.24) is 4.90 Å². The Morgan fingerprint density at radius 3 is 2.45 bits per heavy atom. The van der Waals surface area contributed by atoms with Gasteiger partial charge in [-0.15, -0.1) is 0 Å². The summed E-state index contributed by atoms with van der Waals surface area (Å²) >= 11 is 0. The third-order valence-corrected chi connectivity index (χ3v) is 5.96. The van der Waals surface area contributed by atoms with Crippen molar-refractivity contribution in [3.63, 3.8) is 0 Å². The van der Waals surface area contributed by atoms with E-state index in [0.717, 1.165) is 11.8 Å². The predicted molar refractivity (Wildman–Crippen MR) is 112 cm³/mol. The van der Waals surface area contributed by atoms with E-state index in [2.05, 4.69) is 0 Å². The van der Waals surface area contributed by atoms with Crippen molar-refractivity contribution in [3.05, 3.63) is 53.6 Å². The van der Waals surface area contributed by atoms with Crippen LogP contribution in [0, 0.1) is 6.92 Å². The second kappa shape index (κ2) is 8.73. The van der Waals surface area contributed by atoms with Crippen LogP contribution in [0.1, 0.15) is 24.0 Å². The van der Waals surface area contributed by atoms with Crippen LogP contribution in [0.5, 0.6) is 11.5 Å². The van der Waals surface area contributed by atoms with Gasteiger partial charge in [0.15, 0.2) is 11.5 Å². The van der Waals surface area contributed by atoms with Crippen molar-refractivity contribution in [1.29, 1.82) is 0 Å². The molecule has 1 aliphatic rings. The highest BCUT2D eigenvalue weighted by molar-refractivity contribution is 7.92. The zero-order valence-electron chi connectivity index (χ0n) is 16.9. The number of anilines is 1. The molecule has 3 rings (SSSR count). The Balaban J connectivity index is 1.58. The van der Waals surface area contributed by atoms with E-state index < -0.39 is 10.0 Å². The molecule has 0 saturated carbocycles. The van der Waals surface area contributed by atoms with Gasteiger partial charge >= 0.3 is 0 Å². The number of sulfonamides is 1. The lowest BCUT2D eigenvalue weighted by atomic mass is 10.1. The van der Waals surface area contributed by atoms with E-state index in [9.17, 15) is 13.2 Å². The molecule has 156 valence electrons. The summed E-state index contributed by atoms with van der Waals surface area (Å²) < 4.78 is 36.4. The molecule has 0 N–H and O–H groups in total. The minimum Gasteiger partial charge on any atom is -0.454 e. The molecular formula is C21H26N2O5S. The van der Waals surface area contributed by atoms with Gasteiger partial charge in [0, 0.05) is 32.6 Å². The quantitative estimate of drug-likeness (QED) is 0.659. The Morgan fingerprint density at radius 1 is 1.07 bits per heavy atom. The molecule has 1 aliphatic heterocycles. The van der Waals surface area contributed by atoms with Crippen LogP contribution in [0.15, 0.2) is 42.5 Å². The van der Waals surface area contributed by atoms with E-state index >= 15 is 0 Å². The molecule has 2 aromatic carbocycles. The zero-order chi connectivity index (χ0) is 21.0. The van der Waals surface area contributed by atoms with E-state index in [1.165, 1.54) is 9.87 Å². The summed E-state index contributed by atoms with van der Waals surface area (Å²) in [5.41, 5.74) is 2.73. The van der Waals surface area contributed by atoms with Crippen LogP contribution in [0.25, 0.3) is 0 Å². The molecule has 0 aliphatic carbocycles. The Hall–Kier alpha value is -2.74. The van der Waals surface area contributed by atoms with Gasteiger partial charge in [-0.05, 0) is 31.0 Å². The number of hydrogen-bond acceptors (Lipinski definition) is 5. The van der Waals surface area contributed by atoms with Crippen LogP contribution in [0.4, 0.5) is 5.69 Å². The largest absolute Gasteiger partial charge is 0.454 e. The summed E-state index contributed by atoms with van der Waals surface area (Å²) in [6.07, 6.45) is 1.83. The van der Waals surface area contributed by atoms with E-state index in [1.54, 1.807) is 30.1 Å². The molecule has 2 aromatic rings. The number of ether oxygens (including phenoxy) is 2. The fraction of sp³-hybridized carbons (Fsp3) is 0.381. The van der Waals surface area contributed by atoms with Crippen molar-refractivity contribution in [2.75, 3.05) is 30.9 Å². The fourth-order valence-corrected chi connectivity index (χ4v) is 4.10. The summed E-state index contributed by atoms with van der Waals surface area (Å²) in [4.78, 5) is 14.1. The number of nitrogens with zero attached hydrogens (tertiary/aromatic N) is 2. The smallest absolute Gasteiger partial charge is 0.232 e. The first kappa shape index (κ1) is 21.0. The standard InChI is InChI=1S/C21H26N2O5S/c1-16-6-8-17(9-7-16)14-22(2)21(24)5-4-12-23(29(3,25)26)18-10-11-19-20(13-18)28-15-27-19/h6-11,13H,4-5,12,14-15H2,1-3H3. The number of fused-ring (bicyclic) bond motifs is 1. The van der Waals surface area contributed by atoms with Crippen LogP contribution < -0.4 is 13.8 Å². The second-order valence-electron chi connectivity index (χ2n) is 7.21. The van der Waals surface area contributed by atoms with Gasteiger partial charge in [0.2, 0.25) is 22.7 Å². The van der Waals surface area contributed by atoms with Crippen molar-refractivity contribution in [2.45, 2.75) is 26.3 Å². The number of aryl methyl sites for hydroxylation is 1. The molecule has 0 saturated heterocycles. The lowest BCUT2D eigenvalue weighted by Gasteiger charge is -2.23. The highest BCUT2D eigenvalue weighted by atomic mass is 32.2. The first-order valence-electron chi connectivity index (χ1n) is 9.41. The second-order valence-corrected chi connectivity index (χ2v) is 9.12. The molecule has 0 aromatic heterocycles. The van der Waals surface area contributed by atoms with Crippen molar-refractivity contribution in [2.24, 2.45) is 0 Å². The molecule has 0 spiro atoms. The lowest BCUT2D eigenvalue weighted by Crippen LogP contribution is -2.32. The Kier molecular flexibility index (Phi) is 6.32. The predicted octanol–water partition coefficient (Wildman–Crippen LogP) is 2.93. The van der Waals surface area contributed by atoms with Crippen molar-refractivity contribution in [3.8, 4) is 11.5 Å². The van der Waals surface area contributed by atoms with Gasteiger partial charge in [0.25, 0.3) is 0 Å². The number of amides is 1. The van der Waals surface area contributed by atoms with Gasteiger partial charge in [-0.2, -0.15) is 0 Å². The molecule has 8 heteroatoms. The molecule has 0 radical (unpaired) electrons. The highest BCUT2D eigenvalue weighted by Gasteiger charge is 2.22. The number of hydrogen-bond donors (Lipinski definition) is 0. The van der Waals surface area contributed by atoms with E-state index in [0.29, 0.717) is 30.2 Å². The molecule has 0 unspecified atom stereocenters. The summed E-state index contributed by atoms with van der Waals surface area (Å²) in [6.45, 7) is 2.88. The van der Waals surface area contributed by atoms with Crippen LogP contribution in [0.3, 0.4) is 0 Å². The first-order chi connectivity index (χ1) is 13.7. The lowest BCUT2D eigenvalue weighted by molar-refractivity contribution is -0.130. The zero-order valence-corrected chi connectivity index (χ0v) is 17.7. The molecule has 29 heavy (non-hydrogen) atoms. The highest BCUT2D eigenvalue weighted by Crippen LogP contribution is 2.36. The maximum Gasteiger partial charge on any atom is 0.232 e. The third kappa shape index (κ3) is 5.41. The minimum atomic E-state index is -3.49. The molecule has 7 nitrogen and oxygen atoms in total. The van der Waals surface area contributed by atoms with E-state index in [1.807, 2.05) is 31.2 Å². The number of rotatable bonds is 8. The summed E-state index contributed by atoms with van der Waals surface area (Å²) in [5.74, 6) is 1.09. The molecule has 0 atom stereocenters. The average molecular weight is 419 g/mol. The SMILES string of the molecule is Cc1ccc(CN(C)C(=O)CCCN(c2ccc3c(c2)OCO3)S(C)(=O)=O)cc1. The molecule has 1 amide bonds. The number of benzene rings is 2. The summed E-state index contributed by atoms with van der Waals surface area (Å²) in [5, 5.41) is 0. The molecule has 0 bridgehead atoms. The Morgan fingerprint density at radius 2 is 1.76 bits per heavy atom. The topological polar surface area (TPSA) is 76.2 Å².